The summed E-state index contributed by atoms with van der Waals surface area (Å²) in [5, 5.41) is 14.0. The van der Waals surface area contributed by atoms with Crippen LogP contribution in [0.25, 0.3) is 17.1 Å². The van der Waals surface area contributed by atoms with Gasteiger partial charge in [0.25, 0.3) is 5.91 Å². The Morgan fingerprint density at radius 1 is 1.07 bits per heavy atom. The smallest absolute Gasteiger partial charge is 0.277 e. The molecule has 0 aliphatic rings. The molecule has 0 fully saturated rings. The molecule has 134 valence electrons. The quantitative estimate of drug-likeness (QED) is 0.595. The second-order valence-electron chi connectivity index (χ2n) is 5.35. The Morgan fingerprint density at radius 2 is 1.81 bits per heavy atom. The van der Waals surface area contributed by atoms with Gasteiger partial charge in [0.1, 0.15) is 11.6 Å². The average molecular weight is 368 g/mol. The fourth-order valence-corrected chi connectivity index (χ4v) is 2.34. The highest BCUT2D eigenvalue weighted by molar-refractivity contribution is 6.03. The number of rotatable bonds is 4. The number of aromatic nitrogens is 5. The van der Waals surface area contributed by atoms with Crippen LogP contribution in [0.3, 0.4) is 0 Å². The van der Waals surface area contributed by atoms with Crippen LogP contribution in [-0.4, -0.2) is 31.0 Å². The van der Waals surface area contributed by atoms with Crippen molar-refractivity contribution in [2.45, 2.75) is 0 Å². The van der Waals surface area contributed by atoms with Gasteiger partial charge in [0, 0.05) is 6.07 Å². The summed E-state index contributed by atoms with van der Waals surface area (Å²) in [5.74, 6) is -1.96. The van der Waals surface area contributed by atoms with Crippen LogP contribution in [0.1, 0.15) is 10.5 Å². The summed E-state index contributed by atoms with van der Waals surface area (Å²) in [4.78, 5) is 17.7. The van der Waals surface area contributed by atoms with E-state index in [0.717, 1.165) is 18.2 Å². The van der Waals surface area contributed by atoms with Crippen molar-refractivity contribution in [3.05, 3.63) is 72.3 Å². The van der Waals surface area contributed by atoms with Gasteiger partial charge < -0.3 is 9.84 Å². The zero-order valence-corrected chi connectivity index (χ0v) is 13.5. The van der Waals surface area contributed by atoms with E-state index >= 15 is 0 Å². The van der Waals surface area contributed by atoms with E-state index in [-0.39, 0.29) is 17.0 Å². The van der Waals surface area contributed by atoms with Gasteiger partial charge in [0.2, 0.25) is 0 Å². The minimum atomic E-state index is -0.815. The highest BCUT2D eigenvalue weighted by Gasteiger charge is 2.19. The second-order valence-corrected chi connectivity index (χ2v) is 5.35. The Bertz CT molecular complexity index is 1070. The molecule has 0 spiro atoms. The van der Waals surface area contributed by atoms with E-state index in [0.29, 0.717) is 11.5 Å². The van der Waals surface area contributed by atoms with Crippen LogP contribution in [0.4, 0.5) is 14.5 Å². The summed E-state index contributed by atoms with van der Waals surface area (Å²) in [7, 11) is 0. The normalized spacial score (nSPS) is 10.7. The van der Waals surface area contributed by atoms with E-state index in [1.165, 1.54) is 29.5 Å². The van der Waals surface area contributed by atoms with Gasteiger partial charge in [0.15, 0.2) is 17.3 Å². The lowest BCUT2D eigenvalue weighted by Crippen LogP contribution is -2.12. The van der Waals surface area contributed by atoms with Crippen LogP contribution in [0.2, 0.25) is 0 Å². The topological polar surface area (TPSA) is 98.7 Å². The largest absolute Gasteiger partial charge is 0.355 e. The average Bonchev–Trinajstić information content (AvgIpc) is 3.35. The number of carbonyl (C=O) groups is 1. The van der Waals surface area contributed by atoms with Crippen LogP contribution in [0.15, 0.2) is 59.5 Å². The first-order chi connectivity index (χ1) is 13.1. The predicted octanol–water partition coefficient (Wildman–Crippen LogP) is 2.85. The third-order valence-corrected chi connectivity index (χ3v) is 3.58. The van der Waals surface area contributed by atoms with E-state index in [4.69, 9.17) is 4.52 Å². The summed E-state index contributed by atoms with van der Waals surface area (Å²) >= 11 is 0. The molecule has 1 N–H and O–H groups in total. The summed E-state index contributed by atoms with van der Waals surface area (Å²) in [6.07, 6.45) is 4.43. The van der Waals surface area contributed by atoms with Crippen LogP contribution in [-0.2, 0) is 0 Å². The van der Waals surface area contributed by atoms with E-state index in [2.05, 4.69) is 25.7 Å². The number of pyridine rings is 1. The molecular formula is C17H10F2N6O2. The Morgan fingerprint density at radius 3 is 2.48 bits per heavy atom. The van der Waals surface area contributed by atoms with Crippen molar-refractivity contribution in [3.63, 3.8) is 0 Å². The maximum absolute atomic E-state index is 13.8. The minimum Gasteiger partial charge on any atom is -0.355 e. The SMILES string of the molecule is O=C(Nc1ccc(-n2nccn2)nc1)c1cc(-c2c(F)cccc2F)on1. The molecule has 0 bridgehead atoms. The number of benzene rings is 1. The maximum Gasteiger partial charge on any atom is 0.277 e. The van der Waals surface area contributed by atoms with Gasteiger partial charge >= 0.3 is 0 Å². The van der Waals surface area contributed by atoms with Gasteiger partial charge in [-0.2, -0.15) is 10.2 Å². The number of hydrogen-bond donors (Lipinski definition) is 1. The van der Waals surface area contributed by atoms with Crippen LogP contribution >= 0.6 is 0 Å². The molecule has 0 aliphatic heterocycles. The number of amides is 1. The predicted molar refractivity (Wildman–Crippen MR) is 89.0 cm³/mol. The van der Waals surface area contributed by atoms with Gasteiger partial charge in [-0.15, -0.1) is 4.80 Å². The number of anilines is 1. The standard InChI is InChI=1S/C17H10F2N6O2/c18-11-2-1-3-12(19)16(11)14-8-13(24-27-14)17(26)23-10-4-5-15(20-9-10)25-21-6-7-22-25/h1-9H,(H,23,26). The number of halogens is 2. The molecule has 0 aliphatic carbocycles. The Labute approximate surface area is 150 Å². The molecule has 8 nitrogen and oxygen atoms in total. The van der Waals surface area contributed by atoms with Crippen LogP contribution in [0.5, 0.6) is 0 Å². The van der Waals surface area contributed by atoms with Gasteiger partial charge in [-0.1, -0.05) is 11.2 Å². The zero-order chi connectivity index (χ0) is 18.8. The number of nitrogens with zero attached hydrogens (tertiary/aromatic N) is 5. The van der Waals surface area contributed by atoms with Crippen molar-refractivity contribution in [2.75, 3.05) is 5.32 Å². The van der Waals surface area contributed by atoms with Crippen LogP contribution < -0.4 is 5.32 Å². The first-order valence-electron chi connectivity index (χ1n) is 7.67. The maximum atomic E-state index is 13.8. The molecule has 4 rings (SSSR count). The molecule has 4 aromatic rings. The Hall–Kier alpha value is -3.95. The third-order valence-electron chi connectivity index (χ3n) is 3.58. The number of carbonyl (C=O) groups excluding carboxylic acids is 1. The lowest BCUT2D eigenvalue weighted by molar-refractivity contribution is 0.101. The fraction of sp³-hybridized carbons (Fsp3) is 0. The monoisotopic (exact) mass is 368 g/mol. The molecule has 3 aromatic heterocycles. The fourth-order valence-electron chi connectivity index (χ4n) is 2.34. The van der Waals surface area contributed by atoms with E-state index in [1.807, 2.05) is 0 Å². The van der Waals surface area contributed by atoms with E-state index < -0.39 is 17.5 Å². The van der Waals surface area contributed by atoms with Gasteiger partial charge in [-0.05, 0) is 24.3 Å². The minimum absolute atomic E-state index is 0.134. The van der Waals surface area contributed by atoms with Crippen molar-refractivity contribution in [2.24, 2.45) is 0 Å². The summed E-state index contributed by atoms with van der Waals surface area (Å²) < 4.78 is 32.5. The molecule has 0 saturated heterocycles. The first kappa shape index (κ1) is 16.5. The van der Waals surface area contributed by atoms with E-state index in [9.17, 15) is 13.6 Å². The van der Waals surface area contributed by atoms with Crippen molar-refractivity contribution in [1.82, 2.24) is 25.1 Å². The molecule has 27 heavy (non-hydrogen) atoms. The van der Waals surface area contributed by atoms with Gasteiger partial charge in [-0.3, -0.25) is 4.79 Å². The molecule has 0 unspecified atom stereocenters. The second kappa shape index (κ2) is 6.75. The first-order valence-corrected chi connectivity index (χ1v) is 7.67. The lowest BCUT2D eigenvalue weighted by atomic mass is 10.1. The van der Waals surface area contributed by atoms with Crippen molar-refractivity contribution in [3.8, 4) is 17.1 Å². The summed E-state index contributed by atoms with van der Waals surface area (Å²) in [5.41, 5.74) is -0.134. The summed E-state index contributed by atoms with van der Waals surface area (Å²) in [6.45, 7) is 0. The highest BCUT2D eigenvalue weighted by Crippen LogP contribution is 2.26. The van der Waals surface area contributed by atoms with Crippen molar-refractivity contribution >= 4 is 11.6 Å². The Kier molecular flexibility index (Phi) is 4.13. The van der Waals surface area contributed by atoms with Gasteiger partial charge in [-0.25, -0.2) is 13.8 Å². The molecule has 0 radical (unpaired) electrons. The number of nitrogens with one attached hydrogen (secondary N) is 1. The third kappa shape index (κ3) is 3.27. The Balaban J connectivity index is 1.52. The van der Waals surface area contributed by atoms with Gasteiger partial charge in [0.05, 0.1) is 29.8 Å². The summed E-state index contributed by atoms with van der Waals surface area (Å²) in [6, 6.07) is 7.77. The molecule has 0 atom stereocenters. The van der Waals surface area contributed by atoms with Crippen molar-refractivity contribution in [1.29, 1.82) is 0 Å². The zero-order valence-electron chi connectivity index (χ0n) is 13.5. The highest BCUT2D eigenvalue weighted by atomic mass is 19.1. The molecule has 1 aromatic carbocycles. The molecule has 0 saturated carbocycles. The van der Waals surface area contributed by atoms with Crippen LogP contribution in [0, 0.1) is 11.6 Å². The van der Waals surface area contributed by atoms with E-state index in [1.54, 1.807) is 12.1 Å². The molecular weight excluding hydrogens is 358 g/mol. The van der Waals surface area contributed by atoms with Crippen molar-refractivity contribution < 1.29 is 18.1 Å². The molecule has 1 amide bonds. The lowest BCUT2D eigenvalue weighted by Gasteiger charge is -2.03. The molecule has 3 heterocycles. The number of hydrogen-bond acceptors (Lipinski definition) is 6. The molecule has 10 heteroatoms.